The maximum atomic E-state index is 5.93. The lowest BCUT2D eigenvalue weighted by Gasteiger charge is -2.32. The van der Waals surface area contributed by atoms with Crippen molar-refractivity contribution in [3.05, 3.63) is 53.1 Å². The number of halogens is 1. The van der Waals surface area contributed by atoms with Crippen LogP contribution in [-0.2, 0) is 13.1 Å². The Hall–Kier alpha value is -1.32. The lowest BCUT2D eigenvalue weighted by molar-refractivity contribution is 0.166. The van der Waals surface area contributed by atoms with Gasteiger partial charge in [-0.05, 0) is 56.5 Å². The van der Waals surface area contributed by atoms with E-state index in [2.05, 4.69) is 39.7 Å². The minimum Gasteiger partial charge on any atom is -0.335 e. The number of hydrogen-bond acceptors (Lipinski definition) is 2. The Balaban J connectivity index is 1.49. The number of imidazole rings is 1. The third kappa shape index (κ3) is 3.86. The van der Waals surface area contributed by atoms with Crippen molar-refractivity contribution in [3.63, 3.8) is 0 Å². The van der Waals surface area contributed by atoms with E-state index in [1.807, 2.05) is 18.3 Å². The van der Waals surface area contributed by atoms with Crippen LogP contribution in [0.25, 0.3) is 0 Å². The summed E-state index contributed by atoms with van der Waals surface area (Å²) in [6.07, 6.45) is 6.52. The topological polar surface area (TPSA) is 21.1 Å². The highest BCUT2D eigenvalue weighted by atomic mass is 35.5. The normalized spacial score (nSPS) is 17.2. The standard InChI is InChI=1S/C17H22ClN3/c1-14-19-8-11-21(14)13-16-6-9-20(10-7-16)12-15-2-4-17(18)5-3-15/h2-5,8,11,16H,6-7,9-10,12-13H2,1H3. The minimum atomic E-state index is 0.777. The van der Waals surface area contributed by atoms with E-state index < -0.39 is 0 Å². The molecule has 0 aliphatic carbocycles. The summed E-state index contributed by atoms with van der Waals surface area (Å²) in [5.74, 6) is 1.90. The first kappa shape index (κ1) is 14.6. The zero-order chi connectivity index (χ0) is 14.7. The summed E-state index contributed by atoms with van der Waals surface area (Å²) in [7, 11) is 0. The number of rotatable bonds is 4. The van der Waals surface area contributed by atoms with Crippen molar-refractivity contribution in [3.8, 4) is 0 Å². The van der Waals surface area contributed by atoms with Crippen molar-refractivity contribution in [1.82, 2.24) is 14.5 Å². The molecule has 0 spiro atoms. The smallest absolute Gasteiger partial charge is 0.105 e. The molecule has 2 aromatic rings. The maximum absolute atomic E-state index is 5.93. The molecule has 3 rings (SSSR count). The van der Waals surface area contributed by atoms with Crippen molar-refractivity contribution >= 4 is 11.6 Å². The summed E-state index contributed by atoms with van der Waals surface area (Å²) in [6, 6.07) is 8.21. The highest BCUT2D eigenvalue weighted by molar-refractivity contribution is 6.30. The van der Waals surface area contributed by atoms with Gasteiger partial charge < -0.3 is 4.57 Å². The fourth-order valence-corrected chi connectivity index (χ4v) is 3.18. The summed E-state index contributed by atoms with van der Waals surface area (Å²) in [5, 5.41) is 0.813. The van der Waals surface area contributed by atoms with Crippen LogP contribution in [0.2, 0.25) is 5.02 Å². The zero-order valence-electron chi connectivity index (χ0n) is 12.5. The first-order valence-corrected chi connectivity index (χ1v) is 8.03. The van der Waals surface area contributed by atoms with Crippen molar-refractivity contribution in [2.24, 2.45) is 5.92 Å². The van der Waals surface area contributed by atoms with E-state index in [9.17, 15) is 0 Å². The van der Waals surface area contributed by atoms with Crippen LogP contribution in [0.5, 0.6) is 0 Å². The molecule has 112 valence electrons. The number of benzene rings is 1. The average molecular weight is 304 g/mol. The Kier molecular flexibility index (Phi) is 4.61. The molecular weight excluding hydrogens is 282 g/mol. The van der Waals surface area contributed by atoms with Gasteiger partial charge in [0.15, 0.2) is 0 Å². The fourth-order valence-electron chi connectivity index (χ4n) is 3.05. The number of piperidine rings is 1. The Labute approximate surface area is 131 Å². The van der Waals surface area contributed by atoms with Crippen LogP contribution in [0.1, 0.15) is 24.2 Å². The van der Waals surface area contributed by atoms with E-state index in [1.54, 1.807) is 0 Å². The Morgan fingerprint density at radius 3 is 2.52 bits per heavy atom. The van der Waals surface area contributed by atoms with Crippen molar-refractivity contribution in [2.45, 2.75) is 32.9 Å². The molecule has 4 heteroatoms. The molecule has 0 radical (unpaired) electrons. The molecule has 0 atom stereocenters. The van der Waals surface area contributed by atoms with Gasteiger partial charge in [-0.3, -0.25) is 4.90 Å². The van der Waals surface area contributed by atoms with Crippen LogP contribution in [-0.4, -0.2) is 27.5 Å². The van der Waals surface area contributed by atoms with Gasteiger partial charge in [-0.1, -0.05) is 23.7 Å². The second-order valence-electron chi connectivity index (χ2n) is 5.97. The molecule has 0 amide bonds. The van der Waals surface area contributed by atoms with Crippen molar-refractivity contribution < 1.29 is 0 Å². The molecule has 1 aromatic heterocycles. The molecule has 0 bridgehead atoms. The summed E-state index contributed by atoms with van der Waals surface area (Å²) in [6.45, 7) is 6.59. The van der Waals surface area contributed by atoms with Gasteiger partial charge >= 0.3 is 0 Å². The highest BCUT2D eigenvalue weighted by Crippen LogP contribution is 2.21. The maximum Gasteiger partial charge on any atom is 0.105 e. The predicted molar refractivity (Wildman–Crippen MR) is 86.4 cm³/mol. The monoisotopic (exact) mass is 303 g/mol. The van der Waals surface area contributed by atoms with Gasteiger partial charge in [0.2, 0.25) is 0 Å². The van der Waals surface area contributed by atoms with Crippen LogP contribution >= 0.6 is 11.6 Å². The van der Waals surface area contributed by atoms with Crippen molar-refractivity contribution in [2.75, 3.05) is 13.1 Å². The van der Waals surface area contributed by atoms with Gasteiger partial charge in [0.05, 0.1) is 0 Å². The second-order valence-corrected chi connectivity index (χ2v) is 6.41. The van der Waals surface area contributed by atoms with E-state index in [0.717, 1.165) is 29.9 Å². The molecule has 1 aliphatic heterocycles. The first-order valence-electron chi connectivity index (χ1n) is 7.65. The number of hydrogen-bond donors (Lipinski definition) is 0. The molecule has 2 heterocycles. The van der Waals surface area contributed by atoms with E-state index in [0.29, 0.717) is 0 Å². The van der Waals surface area contributed by atoms with Crippen LogP contribution in [0, 0.1) is 12.8 Å². The average Bonchev–Trinajstić information content (AvgIpc) is 2.89. The molecule has 3 nitrogen and oxygen atoms in total. The van der Waals surface area contributed by atoms with Gasteiger partial charge in [-0.2, -0.15) is 0 Å². The molecule has 0 saturated carbocycles. The van der Waals surface area contributed by atoms with Gasteiger partial charge in [0.25, 0.3) is 0 Å². The SMILES string of the molecule is Cc1nccn1CC1CCN(Cc2ccc(Cl)cc2)CC1. The lowest BCUT2D eigenvalue weighted by atomic mass is 9.96. The largest absolute Gasteiger partial charge is 0.335 e. The van der Waals surface area contributed by atoms with Crippen LogP contribution < -0.4 is 0 Å². The molecule has 0 N–H and O–H groups in total. The van der Waals surface area contributed by atoms with Crippen LogP contribution in [0.15, 0.2) is 36.7 Å². The Morgan fingerprint density at radius 2 is 1.90 bits per heavy atom. The van der Waals surface area contributed by atoms with E-state index in [4.69, 9.17) is 11.6 Å². The van der Waals surface area contributed by atoms with Crippen LogP contribution in [0.4, 0.5) is 0 Å². The third-order valence-electron chi connectivity index (χ3n) is 4.41. The molecule has 21 heavy (non-hydrogen) atoms. The molecule has 1 saturated heterocycles. The van der Waals surface area contributed by atoms with Gasteiger partial charge in [0.1, 0.15) is 5.82 Å². The molecule has 0 unspecified atom stereocenters. The zero-order valence-corrected chi connectivity index (χ0v) is 13.3. The summed E-state index contributed by atoms with van der Waals surface area (Å²) in [5.41, 5.74) is 1.35. The molecular formula is C17H22ClN3. The Bertz CT molecular complexity index is 568. The molecule has 1 aliphatic rings. The number of aromatic nitrogens is 2. The van der Waals surface area contributed by atoms with Gasteiger partial charge in [-0.25, -0.2) is 4.98 Å². The van der Waals surface area contributed by atoms with E-state index in [-0.39, 0.29) is 0 Å². The fraction of sp³-hybridized carbons (Fsp3) is 0.471. The van der Waals surface area contributed by atoms with E-state index in [1.165, 1.54) is 31.5 Å². The number of nitrogens with zero attached hydrogens (tertiary/aromatic N) is 3. The predicted octanol–water partition coefficient (Wildman–Crippen LogP) is 3.76. The highest BCUT2D eigenvalue weighted by Gasteiger charge is 2.19. The Morgan fingerprint density at radius 1 is 1.19 bits per heavy atom. The quantitative estimate of drug-likeness (QED) is 0.857. The third-order valence-corrected chi connectivity index (χ3v) is 4.66. The van der Waals surface area contributed by atoms with Gasteiger partial charge in [0, 0.05) is 30.5 Å². The molecule has 1 aromatic carbocycles. The van der Waals surface area contributed by atoms with E-state index >= 15 is 0 Å². The summed E-state index contributed by atoms with van der Waals surface area (Å²) >= 11 is 5.93. The molecule has 1 fully saturated rings. The summed E-state index contributed by atoms with van der Waals surface area (Å²) < 4.78 is 2.28. The minimum absolute atomic E-state index is 0.777. The number of aryl methyl sites for hydroxylation is 1. The van der Waals surface area contributed by atoms with Crippen molar-refractivity contribution in [1.29, 1.82) is 0 Å². The second kappa shape index (κ2) is 6.63. The summed E-state index contributed by atoms with van der Waals surface area (Å²) in [4.78, 5) is 6.84. The first-order chi connectivity index (χ1) is 10.2. The lowest BCUT2D eigenvalue weighted by Crippen LogP contribution is -2.34. The number of likely N-dealkylation sites (tertiary alicyclic amines) is 1. The van der Waals surface area contributed by atoms with Crippen LogP contribution in [0.3, 0.4) is 0 Å². The van der Waals surface area contributed by atoms with Gasteiger partial charge in [-0.15, -0.1) is 0 Å².